The highest BCUT2D eigenvalue weighted by molar-refractivity contribution is 7.85. The van der Waals surface area contributed by atoms with Gasteiger partial charge in [-0.2, -0.15) is 0 Å². The topological polar surface area (TPSA) is 57.0 Å². The van der Waals surface area contributed by atoms with E-state index in [1.807, 2.05) is 65.2 Å². The molecule has 0 fully saturated rings. The predicted molar refractivity (Wildman–Crippen MR) is 156 cm³/mol. The minimum Gasteiger partial charge on any atom is -0.361 e. The average molecular weight is 562 g/mol. The minimum absolute atomic E-state index is 0.126. The SMILES string of the molecule is C[Si](C)(C)CCOCn1c(P(=O)(c2ccccc2)c2ccccc2)cc2c(-c3cc(F)cc(F)c3)ncnc21. The molecular weight excluding hydrogens is 531 g/mol. The fourth-order valence-corrected chi connectivity index (χ4v) is 8.15. The van der Waals surface area contributed by atoms with Crippen molar-refractivity contribution in [1.29, 1.82) is 0 Å². The Labute approximate surface area is 227 Å². The lowest BCUT2D eigenvalue weighted by molar-refractivity contribution is 0.0917. The van der Waals surface area contributed by atoms with Crippen LogP contribution in [-0.4, -0.2) is 29.2 Å². The largest absolute Gasteiger partial charge is 0.361 e. The smallest absolute Gasteiger partial charge is 0.186 e. The van der Waals surface area contributed by atoms with Crippen molar-refractivity contribution in [2.45, 2.75) is 32.4 Å². The number of hydrogen-bond acceptors (Lipinski definition) is 4. The van der Waals surface area contributed by atoms with Crippen molar-refractivity contribution < 1.29 is 18.1 Å². The Kier molecular flexibility index (Phi) is 7.63. The molecule has 200 valence electrons. The lowest BCUT2D eigenvalue weighted by atomic mass is 10.1. The highest BCUT2D eigenvalue weighted by Crippen LogP contribution is 2.44. The van der Waals surface area contributed by atoms with Crippen LogP contribution in [0.5, 0.6) is 0 Å². The summed E-state index contributed by atoms with van der Waals surface area (Å²) in [7, 11) is -4.76. The van der Waals surface area contributed by atoms with E-state index < -0.39 is 26.9 Å². The van der Waals surface area contributed by atoms with Gasteiger partial charge in [-0.1, -0.05) is 80.3 Å². The van der Waals surface area contributed by atoms with E-state index in [0.717, 1.165) is 12.1 Å². The lowest BCUT2D eigenvalue weighted by Gasteiger charge is -2.22. The van der Waals surface area contributed by atoms with Gasteiger partial charge >= 0.3 is 0 Å². The van der Waals surface area contributed by atoms with E-state index in [0.29, 0.717) is 39.4 Å². The van der Waals surface area contributed by atoms with E-state index >= 15 is 4.57 Å². The van der Waals surface area contributed by atoms with Gasteiger partial charge in [0, 0.05) is 42.3 Å². The van der Waals surface area contributed by atoms with Crippen molar-refractivity contribution in [2.24, 2.45) is 0 Å². The zero-order valence-corrected chi connectivity index (χ0v) is 24.0. The maximum atomic E-state index is 15.3. The Morgan fingerprint density at radius 1 is 0.846 bits per heavy atom. The van der Waals surface area contributed by atoms with Gasteiger partial charge in [0.2, 0.25) is 0 Å². The first-order valence-corrected chi connectivity index (χ1v) is 18.2. The molecule has 0 saturated carbocycles. The van der Waals surface area contributed by atoms with Crippen LogP contribution in [0.1, 0.15) is 0 Å². The van der Waals surface area contributed by atoms with Crippen LogP contribution < -0.4 is 16.0 Å². The molecule has 0 atom stereocenters. The molecule has 0 aliphatic carbocycles. The molecule has 0 aliphatic heterocycles. The second-order valence-corrected chi connectivity index (χ2v) is 19.0. The number of benzene rings is 3. The molecule has 0 spiro atoms. The Hall–Kier alpha value is -3.45. The molecule has 9 heteroatoms. The van der Waals surface area contributed by atoms with Crippen LogP contribution in [0, 0.1) is 11.6 Å². The molecule has 0 unspecified atom stereocenters. The molecule has 0 radical (unpaired) electrons. The normalized spacial score (nSPS) is 12.2. The Bertz CT molecular complexity index is 1590. The summed E-state index contributed by atoms with van der Waals surface area (Å²) in [6.45, 7) is 7.53. The van der Waals surface area contributed by atoms with Gasteiger partial charge in [0.1, 0.15) is 30.3 Å². The number of aromatic nitrogens is 3. The summed E-state index contributed by atoms with van der Waals surface area (Å²) in [4.78, 5) is 8.92. The standard InChI is InChI=1S/C30H30F2N3O2PSi/c1-39(2,3)15-14-37-21-35-28(38(36,25-10-6-4-7-11-25)26-12-8-5-9-13-26)19-27-29(33-20-34-30(27)35)22-16-23(31)18-24(32)17-22/h4-13,16-20H,14-15,21H2,1-3H3. The number of rotatable bonds is 9. The van der Waals surface area contributed by atoms with Crippen LogP contribution in [0.15, 0.2) is 91.3 Å². The van der Waals surface area contributed by atoms with Crippen molar-refractivity contribution in [3.63, 3.8) is 0 Å². The fourth-order valence-electron chi connectivity index (χ4n) is 4.58. The molecule has 5 aromatic rings. The molecule has 2 aromatic heterocycles. The van der Waals surface area contributed by atoms with E-state index in [-0.39, 0.29) is 12.3 Å². The fraction of sp³-hybridized carbons (Fsp3) is 0.200. The molecule has 2 heterocycles. The second kappa shape index (κ2) is 11.0. The summed E-state index contributed by atoms with van der Waals surface area (Å²) >= 11 is 0. The Morgan fingerprint density at radius 3 is 2.00 bits per heavy atom. The van der Waals surface area contributed by atoms with Gasteiger partial charge in [-0.15, -0.1) is 0 Å². The van der Waals surface area contributed by atoms with Crippen LogP contribution in [0.3, 0.4) is 0 Å². The highest BCUT2D eigenvalue weighted by atomic mass is 31.2. The monoisotopic (exact) mass is 561 g/mol. The summed E-state index contributed by atoms with van der Waals surface area (Å²) in [6.07, 6.45) is 1.36. The predicted octanol–water partition coefficient (Wildman–Crippen LogP) is 6.33. The van der Waals surface area contributed by atoms with Gasteiger partial charge in [-0.25, -0.2) is 18.7 Å². The Balaban J connectivity index is 1.75. The highest BCUT2D eigenvalue weighted by Gasteiger charge is 2.34. The molecule has 0 saturated heterocycles. The van der Waals surface area contributed by atoms with Crippen molar-refractivity contribution in [2.75, 3.05) is 6.61 Å². The van der Waals surface area contributed by atoms with Crippen LogP contribution in [0.2, 0.25) is 25.7 Å². The molecule has 0 N–H and O–H groups in total. The van der Waals surface area contributed by atoms with E-state index in [1.54, 1.807) is 6.07 Å². The third-order valence-electron chi connectivity index (χ3n) is 6.58. The van der Waals surface area contributed by atoms with Crippen molar-refractivity contribution in [3.05, 3.63) is 103 Å². The van der Waals surface area contributed by atoms with Gasteiger partial charge in [0.05, 0.1) is 11.1 Å². The number of fused-ring (bicyclic) bond motifs is 1. The Morgan fingerprint density at radius 2 is 1.44 bits per heavy atom. The summed E-state index contributed by atoms with van der Waals surface area (Å²) in [6, 6.07) is 24.7. The minimum atomic E-state index is -3.42. The zero-order valence-electron chi connectivity index (χ0n) is 22.1. The second-order valence-electron chi connectivity index (χ2n) is 10.7. The molecule has 5 nitrogen and oxygen atoms in total. The van der Waals surface area contributed by atoms with Crippen LogP contribution >= 0.6 is 7.14 Å². The molecule has 0 bridgehead atoms. The average Bonchev–Trinajstić information content (AvgIpc) is 3.29. The molecule has 3 aromatic carbocycles. The third-order valence-corrected chi connectivity index (χ3v) is 11.4. The molecule has 5 rings (SSSR count). The van der Waals surface area contributed by atoms with Crippen molar-refractivity contribution >= 4 is 42.3 Å². The van der Waals surface area contributed by atoms with Crippen LogP contribution in [0.4, 0.5) is 8.78 Å². The van der Waals surface area contributed by atoms with Gasteiger partial charge in [0.25, 0.3) is 0 Å². The van der Waals surface area contributed by atoms with E-state index in [2.05, 4.69) is 29.6 Å². The maximum Gasteiger partial charge on any atom is 0.186 e. The van der Waals surface area contributed by atoms with E-state index in [1.165, 1.54) is 18.5 Å². The maximum absolute atomic E-state index is 15.3. The van der Waals surface area contributed by atoms with Gasteiger partial charge < -0.3 is 9.30 Å². The number of ether oxygens (including phenoxy) is 1. The summed E-state index contributed by atoms with van der Waals surface area (Å²) < 4.78 is 51.7. The van der Waals surface area contributed by atoms with E-state index in [9.17, 15) is 8.78 Å². The summed E-state index contributed by atoms with van der Waals surface area (Å²) in [5.74, 6) is -1.41. The number of halogens is 2. The van der Waals surface area contributed by atoms with Crippen molar-refractivity contribution in [1.82, 2.24) is 14.5 Å². The van der Waals surface area contributed by atoms with Gasteiger partial charge in [-0.3, -0.25) is 4.57 Å². The van der Waals surface area contributed by atoms with Crippen LogP contribution in [0.25, 0.3) is 22.3 Å². The zero-order chi connectivity index (χ0) is 27.6. The van der Waals surface area contributed by atoms with E-state index in [4.69, 9.17) is 4.74 Å². The number of nitrogens with zero attached hydrogens (tertiary/aromatic N) is 3. The molecule has 0 aliphatic rings. The molecule has 0 amide bonds. The van der Waals surface area contributed by atoms with Gasteiger partial charge in [-0.05, 0) is 24.2 Å². The quantitative estimate of drug-likeness (QED) is 0.120. The first kappa shape index (κ1) is 27.1. The lowest BCUT2D eigenvalue weighted by Crippen LogP contribution is -2.31. The van der Waals surface area contributed by atoms with Crippen LogP contribution in [-0.2, 0) is 16.0 Å². The number of hydrogen-bond donors (Lipinski definition) is 0. The third kappa shape index (κ3) is 5.64. The summed E-state index contributed by atoms with van der Waals surface area (Å²) in [5, 5.41) is 1.86. The van der Waals surface area contributed by atoms with Gasteiger partial charge in [0.15, 0.2) is 7.14 Å². The van der Waals surface area contributed by atoms with Crippen molar-refractivity contribution in [3.8, 4) is 11.3 Å². The first-order valence-electron chi connectivity index (χ1n) is 12.8. The summed E-state index contributed by atoms with van der Waals surface area (Å²) in [5.41, 5.74) is 1.63. The first-order chi connectivity index (χ1) is 18.7. The molecule has 39 heavy (non-hydrogen) atoms. The molecular formula is C30H30F2N3O2PSi.